The minimum absolute atomic E-state index is 0.247. The van der Waals surface area contributed by atoms with Crippen molar-refractivity contribution >= 4 is 12.1 Å². The molecule has 0 bridgehead atoms. The molecular formula is C17H18N2O3. The maximum absolute atomic E-state index is 10.5. The molecule has 0 spiro atoms. The number of benzene rings is 2. The van der Waals surface area contributed by atoms with E-state index in [1.54, 1.807) is 0 Å². The fraction of sp³-hybridized carbons (Fsp3) is 0.176. The molecule has 2 N–H and O–H groups in total. The standard InChI is InChI=1S/C17H18N2O3/c1-13-6-2-5-9-16(13)21-11-14-7-3-4-8-15(14)12-22-19-10-17(18)20/h2-10H,11-12H2,1H3,(H2,18,20). The summed E-state index contributed by atoms with van der Waals surface area (Å²) < 4.78 is 5.84. The Kier molecular flexibility index (Phi) is 5.54. The molecule has 5 heteroatoms. The molecule has 0 unspecified atom stereocenters. The van der Waals surface area contributed by atoms with Crippen LogP contribution in [0.25, 0.3) is 0 Å². The van der Waals surface area contributed by atoms with E-state index in [-0.39, 0.29) is 6.61 Å². The molecule has 0 fully saturated rings. The molecule has 5 nitrogen and oxygen atoms in total. The van der Waals surface area contributed by atoms with Crippen LogP contribution >= 0.6 is 0 Å². The van der Waals surface area contributed by atoms with Gasteiger partial charge in [0.25, 0.3) is 5.91 Å². The molecule has 0 aliphatic carbocycles. The number of rotatable bonds is 7. The Hall–Kier alpha value is -2.82. The van der Waals surface area contributed by atoms with Crippen LogP contribution in [0.2, 0.25) is 0 Å². The van der Waals surface area contributed by atoms with Crippen LogP contribution in [0.5, 0.6) is 5.75 Å². The van der Waals surface area contributed by atoms with Crippen molar-refractivity contribution in [3.8, 4) is 5.75 Å². The van der Waals surface area contributed by atoms with Gasteiger partial charge in [0.1, 0.15) is 25.2 Å². The lowest BCUT2D eigenvalue weighted by Gasteiger charge is -2.12. The van der Waals surface area contributed by atoms with E-state index >= 15 is 0 Å². The highest BCUT2D eigenvalue weighted by atomic mass is 16.6. The number of nitrogens with two attached hydrogens (primary N) is 1. The van der Waals surface area contributed by atoms with E-state index in [2.05, 4.69) is 5.16 Å². The lowest BCUT2D eigenvalue weighted by atomic mass is 10.1. The molecule has 2 aromatic carbocycles. The Morgan fingerprint density at radius 1 is 1.09 bits per heavy atom. The van der Waals surface area contributed by atoms with Crippen molar-refractivity contribution in [2.45, 2.75) is 20.1 Å². The molecule has 2 aromatic rings. The number of hydrogen-bond acceptors (Lipinski definition) is 4. The normalized spacial score (nSPS) is 10.6. The second-order valence-electron chi connectivity index (χ2n) is 4.73. The summed E-state index contributed by atoms with van der Waals surface area (Å²) in [6, 6.07) is 15.6. The molecule has 0 aromatic heterocycles. The zero-order valence-corrected chi connectivity index (χ0v) is 12.4. The Balaban J connectivity index is 1.99. The highest BCUT2D eigenvalue weighted by Crippen LogP contribution is 2.19. The van der Waals surface area contributed by atoms with Crippen molar-refractivity contribution in [1.29, 1.82) is 0 Å². The number of carbonyl (C=O) groups is 1. The van der Waals surface area contributed by atoms with Gasteiger partial charge in [-0.1, -0.05) is 47.6 Å². The van der Waals surface area contributed by atoms with Crippen molar-refractivity contribution in [2.24, 2.45) is 10.9 Å². The summed E-state index contributed by atoms with van der Waals surface area (Å²) in [5, 5.41) is 3.50. The second kappa shape index (κ2) is 7.83. The van der Waals surface area contributed by atoms with E-state index < -0.39 is 5.91 Å². The topological polar surface area (TPSA) is 73.9 Å². The number of nitrogens with zero attached hydrogens (tertiary/aromatic N) is 1. The van der Waals surface area contributed by atoms with Crippen LogP contribution in [0.15, 0.2) is 53.7 Å². The first kappa shape index (κ1) is 15.6. The second-order valence-corrected chi connectivity index (χ2v) is 4.73. The van der Waals surface area contributed by atoms with Gasteiger partial charge in [0.15, 0.2) is 0 Å². The highest BCUT2D eigenvalue weighted by Gasteiger charge is 2.04. The van der Waals surface area contributed by atoms with E-state index in [0.717, 1.165) is 28.7 Å². The Bertz CT molecular complexity index is 668. The maximum Gasteiger partial charge on any atom is 0.263 e. The number of para-hydroxylation sites is 1. The Labute approximate surface area is 129 Å². The van der Waals surface area contributed by atoms with Gasteiger partial charge in [-0.25, -0.2) is 0 Å². The Morgan fingerprint density at radius 3 is 2.41 bits per heavy atom. The third-order valence-electron chi connectivity index (χ3n) is 3.07. The molecular weight excluding hydrogens is 280 g/mol. The van der Waals surface area contributed by atoms with Gasteiger partial charge in [-0.3, -0.25) is 4.79 Å². The third-order valence-corrected chi connectivity index (χ3v) is 3.07. The zero-order chi connectivity index (χ0) is 15.8. The van der Waals surface area contributed by atoms with Crippen molar-refractivity contribution < 1.29 is 14.4 Å². The van der Waals surface area contributed by atoms with Crippen LogP contribution in [-0.2, 0) is 22.8 Å². The first-order valence-electron chi connectivity index (χ1n) is 6.87. The monoisotopic (exact) mass is 298 g/mol. The minimum atomic E-state index is -0.642. The molecule has 22 heavy (non-hydrogen) atoms. The molecule has 0 saturated heterocycles. The summed E-state index contributed by atoms with van der Waals surface area (Å²) in [6.07, 6.45) is 0.937. The highest BCUT2D eigenvalue weighted by molar-refractivity contribution is 6.25. The summed E-state index contributed by atoms with van der Waals surface area (Å²) in [4.78, 5) is 15.6. The average Bonchev–Trinajstić information content (AvgIpc) is 2.51. The molecule has 0 aliphatic heterocycles. The van der Waals surface area contributed by atoms with Gasteiger partial charge >= 0.3 is 0 Å². The molecule has 0 aliphatic rings. The average molecular weight is 298 g/mol. The molecule has 2 rings (SSSR count). The maximum atomic E-state index is 10.5. The SMILES string of the molecule is Cc1ccccc1OCc1ccccc1CON=CC(N)=O. The molecule has 0 saturated carbocycles. The van der Waals surface area contributed by atoms with Crippen molar-refractivity contribution in [3.63, 3.8) is 0 Å². The summed E-state index contributed by atoms with van der Waals surface area (Å²) in [6.45, 7) is 2.68. The predicted molar refractivity (Wildman–Crippen MR) is 84.4 cm³/mol. The van der Waals surface area contributed by atoms with E-state index in [0.29, 0.717) is 6.61 Å². The number of oxime groups is 1. The van der Waals surface area contributed by atoms with Crippen LogP contribution in [0.3, 0.4) is 0 Å². The molecule has 1 amide bonds. The van der Waals surface area contributed by atoms with Gasteiger partial charge < -0.3 is 15.3 Å². The zero-order valence-electron chi connectivity index (χ0n) is 12.4. The van der Waals surface area contributed by atoms with Crippen LogP contribution in [-0.4, -0.2) is 12.1 Å². The van der Waals surface area contributed by atoms with Crippen molar-refractivity contribution in [3.05, 3.63) is 65.2 Å². The van der Waals surface area contributed by atoms with Crippen LogP contribution in [0, 0.1) is 6.92 Å². The summed E-state index contributed by atoms with van der Waals surface area (Å²) in [5.74, 6) is 0.209. The molecule has 0 heterocycles. The molecule has 0 atom stereocenters. The van der Waals surface area contributed by atoms with Gasteiger partial charge in [0.05, 0.1) is 0 Å². The van der Waals surface area contributed by atoms with E-state index in [1.165, 1.54) is 0 Å². The predicted octanol–water partition coefficient (Wildman–Crippen LogP) is 2.56. The van der Waals surface area contributed by atoms with E-state index in [4.69, 9.17) is 15.3 Å². The number of ether oxygens (including phenoxy) is 1. The quantitative estimate of drug-likeness (QED) is 0.630. The van der Waals surface area contributed by atoms with Gasteiger partial charge in [0.2, 0.25) is 0 Å². The van der Waals surface area contributed by atoms with Crippen molar-refractivity contribution in [2.75, 3.05) is 0 Å². The van der Waals surface area contributed by atoms with Gasteiger partial charge in [-0.05, 0) is 29.7 Å². The third kappa shape index (κ3) is 4.63. The largest absolute Gasteiger partial charge is 0.489 e. The number of amides is 1. The minimum Gasteiger partial charge on any atom is -0.489 e. The van der Waals surface area contributed by atoms with Gasteiger partial charge in [0, 0.05) is 0 Å². The lowest BCUT2D eigenvalue weighted by Crippen LogP contribution is -2.11. The number of aryl methyl sites for hydroxylation is 1. The van der Waals surface area contributed by atoms with Gasteiger partial charge in [-0.15, -0.1) is 0 Å². The fourth-order valence-corrected chi connectivity index (χ4v) is 1.91. The Morgan fingerprint density at radius 2 is 1.73 bits per heavy atom. The summed E-state index contributed by atoms with van der Waals surface area (Å²) >= 11 is 0. The molecule has 114 valence electrons. The number of primary amides is 1. The lowest BCUT2D eigenvalue weighted by molar-refractivity contribution is -0.111. The van der Waals surface area contributed by atoms with Crippen molar-refractivity contribution in [1.82, 2.24) is 0 Å². The van der Waals surface area contributed by atoms with Gasteiger partial charge in [-0.2, -0.15) is 0 Å². The summed E-state index contributed by atoms with van der Waals surface area (Å²) in [7, 11) is 0. The number of carbonyl (C=O) groups excluding carboxylic acids is 1. The number of hydrogen-bond donors (Lipinski definition) is 1. The summed E-state index contributed by atoms with van der Waals surface area (Å²) in [5.41, 5.74) is 7.97. The van der Waals surface area contributed by atoms with Crippen LogP contribution in [0.4, 0.5) is 0 Å². The molecule has 0 radical (unpaired) electrons. The van der Waals surface area contributed by atoms with Crippen LogP contribution < -0.4 is 10.5 Å². The van der Waals surface area contributed by atoms with E-state index in [9.17, 15) is 4.79 Å². The van der Waals surface area contributed by atoms with Crippen LogP contribution in [0.1, 0.15) is 16.7 Å². The first-order valence-corrected chi connectivity index (χ1v) is 6.87. The first-order chi connectivity index (χ1) is 10.7. The fourth-order valence-electron chi connectivity index (χ4n) is 1.91. The smallest absolute Gasteiger partial charge is 0.263 e. The van der Waals surface area contributed by atoms with E-state index in [1.807, 2.05) is 55.5 Å².